The highest BCUT2D eigenvalue weighted by Gasteiger charge is 2.10. The average molecular weight is 296 g/mol. The lowest BCUT2D eigenvalue weighted by atomic mass is 10.2. The Morgan fingerprint density at radius 2 is 1.75 bits per heavy atom. The second-order valence-electron chi connectivity index (χ2n) is 4.20. The van der Waals surface area contributed by atoms with Crippen molar-refractivity contribution < 1.29 is 17.5 Å². The predicted octanol–water partition coefficient (Wildman–Crippen LogP) is 1.63. The maximum atomic E-state index is 12.7. The van der Waals surface area contributed by atoms with Gasteiger partial charge in [0, 0.05) is 17.8 Å². The van der Waals surface area contributed by atoms with E-state index in [9.17, 15) is 12.8 Å². The van der Waals surface area contributed by atoms with Crippen LogP contribution in [0.5, 0.6) is 5.75 Å². The van der Waals surface area contributed by atoms with Crippen LogP contribution in [-0.2, 0) is 16.6 Å². The van der Waals surface area contributed by atoms with Crippen LogP contribution in [-0.4, -0.2) is 8.42 Å². The van der Waals surface area contributed by atoms with Gasteiger partial charge in [0.15, 0.2) is 0 Å². The zero-order chi connectivity index (χ0) is 14.8. The van der Waals surface area contributed by atoms with Crippen molar-refractivity contribution in [2.75, 3.05) is 5.73 Å². The summed E-state index contributed by atoms with van der Waals surface area (Å²) < 4.78 is 40.7. The van der Waals surface area contributed by atoms with Crippen LogP contribution in [0.15, 0.2) is 47.4 Å². The summed E-state index contributed by atoms with van der Waals surface area (Å²) in [6.45, 7) is 0.161. The number of ether oxygens (including phenoxy) is 1. The van der Waals surface area contributed by atoms with Gasteiger partial charge in [-0.25, -0.2) is 17.9 Å². The molecule has 5 nitrogen and oxygen atoms in total. The van der Waals surface area contributed by atoms with E-state index in [0.29, 0.717) is 0 Å². The standard InChI is InChI=1S/C13H13FN2O3S/c14-10-3-1-9(2-4-10)8-19-12-5-11(15)6-13(7-12)20(16,17)18/h1-7H,8,15H2,(H2,16,17,18). The highest BCUT2D eigenvalue weighted by Crippen LogP contribution is 2.22. The monoisotopic (exact) mass is 296 g/mol. The summed E-state index contributed by atoms with van der Waals surface area (Å²) in [6.07, 6.45) is 0. The third-order valence-electron chi connectivity index (χ3n) is 2.55. The number of anilines is 1. The molecule has 0 saturated heterocycles. The Morgan fingerprint density at radius 3 is 2.35 bits per heavy atom. The summed E-state index contributed by atoms with van der Waals surface area (Å²) in [5.74, 6) is -0.0624. The third kappa shape index (κ3) is 3.69. The molecule has 0 unspecified atom stereocenters. The van der Waals surface area contributed by atoms with E-state index in [2.05, 4.69) is 0 Å². The summed E-state index contributed by atoms with van der Waals surface area (Å²) >= 11 is 0. The zero-order valence-corrected chi connectivity index (χ0v) is 11.2. The molecule has 0 radical (unpaired) electrons. The van der Waals surface area contributed by atoms with E-state index in [0.717, 1.165) is 5.56 Å². The number of nitrogen functional groups attached to an aromatic ring is 1. The van der Waals surface area contributed by atoms with Crippen LogP contribution < -0.4 is 15.6 Å². The van der Waals surface area contributed by atoms with E-state index in [-0.39, 0.29) is 28.8 Å². The topological polar surface area (TPSA) is 95.4 Å². The van der Waals surface area contributed by atoms with E-state index >= 15 is 0 Å². The molecule has 7 heteroatoms. The number of primary sulfonamides is 1. The van der Waals surface area contributed by atoms with Crippen LogP contribution in [0, 0.1) is 5.82 Å². The SMILES string of the molecule is Nc1cc(OCc2ccc(F)cc2)cc(S(N)(=O)=O)c1. The smallest absolute Gasteiger partial charge is 0.238 e. The molecule has 2 aromatic carbocycles. The van der Waals surface area contributed by atoms with Gasteiger partial charge in [0.25, 0.3) is 0 Å². The lowest BCUT2D eigenvalue weighted by molar-refractivity contribution is 0.305. The van der Waals surface area contributed by atoms with Gasteiger partial charge < -0.3 is 10.5 Å². The van der Waals surface area contributed by atoms with Crippen molar-refractivity contribution in [3.63, 3.8) is 0 Å². The molecular formula is C13H13FN2O3S. The maximum Gasteiger partial charge on any atom is 0.238 e. The van der Waals surface area contributed by atoms with Crippen LogP contribution in [0.2, 0.25) is 0 Å². The lowest BCUT2D eigenvalue weighted by Crippen LogP contribution is -2.12. The number of hydrogen-bond donors (Lipinski definition) is 2. The molecule has 20 heavy (non-hydrogen) atoms. The van der Waals surface area contributed by atoms with Crippen molar-refractivity contribution in [2.45, 2.75) is 11.5 Å². The van der Waals surface area contributed by atoms with Crippen LogP contribution >= 0.6 is 0 Å². The first-order valence-electron chi connectivity index (χ1n) is 5.65. The quantitative estimate of drug-likeness (QED) is 0.838. The Morgan fingerprint density at radius 1 is 1.10 bits per heavy atom. The number of hydrogen-bond acceptors (Lipinski definition) is 4. The number of halogens is 1. The van der Waals surface area contributed by atoms with Crippen molar-refractivity contribution in [2.24, 2.45) is 5.14 Å². The molecule has 0 spiro atoms. The molecule has 0 bridgehead atoms. The van der Waals surface area contributed by atoms with Gasteiger partial charge in [-0.2, -0.15) is 0 Å². The molecule has 0 aliphatic carbocycles. The molecule has 0 fully saturated rings. The van der Waals surface area contributed by atoms with Crippen LogP contribution in [0.1, 0.15) is 5.56 Å². The fourth-order valence-electron chi connectivity index (χ4n) is 1.59. The number of nitrogens with two attached hydrogens (primary N) is 2. The number of benzene rings is 2. The van der Waals surface area contributed by atoms with Crippen molar-refractivity contribution in [3.05, 3.63) is 53.8 Å². The summed E-state index contributed by atoms with van der Waals surface area (Å²) in [5, 5.41) is 5.04. The van der Waals surface area contributed by atoms with Gasteiger partial charge in [-0.3, -0.25) is 0 Å². The average Bonchev–Trinajstić information content (AvgIpc) is 2.36. The summed E-state index contributed by atoms with van der Waals surface area (Å²) in [4.78, 5) is -0.119. The highest BCUT2D eigenvalue weighted by molar-refractivity contribution is 7.89. The minimum absolute atomic E-state index is 0.119. The van der Waals surface area contributed by atoms with Crippen molar-refractivity contribution in [3.8, 4) is 5.75 Å². The second-order valence-corrected chi connectivity index (χ2v) is 5.76. The van der Waals surface area contributed by atoms with E-state index in [1.54, 1.807) is 12.1 Å². The van der Waals surface area contributed by atoms with Crippen LogP contribution in [0.4, 0.5) is 10.1 Å². The lowest BCUT2D eigenvalue weighted by Gasteiger charge is -2.09. The highest BCUT2D eigenvalue weighted by atomic mass is 32.2. The van der Waals surface area contributed by atoms with Gasteiger partial charge in [0.05, 0.1) is 4.90 Å². The first-order chi connectivity index (χ1) is 9.34. The molecule has 0 saturated carbocycles. The van der Waals surface area contributed by atoms with E-state index in [4.69, 9.17) is 15.6 Å². The maximum absolute atomic E-state index is 12.7. The fraction of sp³-hybridized carbons (Fsp3) is 0.0769. The minimum atomic E-state index is -3.85. The Labute approximate surface area is 116 Å². The molecule has 2 aromatic rings. The summed E-state index contributed by atoms with van der Waals surface area (Å²) in [7, 11) is -3.85. The third-order valence-corrected chi connectivity index (χ3v) is 3.44. The van der Waals surface area contributed by atoms with Crippen molar-refractivity contribution in [1.29, 1.82) is 0 Å². The first kappa shape index (κ1) is 14.3. The number of sulfonamides is 1. The molecular weight excluding hydrogens is 283 g/mol. The normalized spacial score (nSPS) is 11.3. The number of rotatable bonds is 4. The van der Waals surface area contributed by atoms with Gasteiger partial charge in [0.1, 0.15) is 18.2 Å². The second kappa shape index (κ2) is 5.48. The van der Waals surface area contributed by atoms with Gasteiger partial charge in [-0.05, 0) is 23.8 Å². The predicted molar refractivity (Wildman–Crippen MR) is 73.0 cm³/mol. The van der Waals surface area contributed by atoms with Gasteiger partial charge in [0.2, 0.25) is 10.0 Å². The summed E-state index contributed by atoms with van der Waals surface area (Å²) in [5.41, 5.74) is 6.56. The zero-order valence-electron chi connectivity index (χ0n) is 10.4. The Bertz CT molecular complexity index is 715. The van der Waals surface area contributed by atoms with Crippen molar-refractivity contribution in [1.82, 2.24) is 0 Å². The molecule has 0 aromatic heterocycles. The largest absolute Gasteiger partial charge is 0.489 e. The van der Waals surface area contributed by atoms with E-state index in [1.165, 1.54) is 30.3 Å². The molecule has 4 N–H and O–H groups in total. The molecule has 0 aliphatic heterocycles. The molecule has 0 atom stereocenters. The van der Waals surface area contributed by atoms with Gasteiger partial charge in [-0.15, -0.1) is 0 Å². The Hall–Kier alpha value is -2.12. The van der Waals surface area contributed by atoms with Crippen molar-refractivity contribution >= 4 is 15.7 Å². The summed E-state index contributed by atoms with van der Waals surface area (Å²) in [6, 6.07) is 9.79. The first-order valence-corrected chi connectivity index (χ1v) is 7.20. The fourth-order valence-corrected chi connectivity index (χ4v) is 2.17. The molecule has 106 valence electrons. The molecule has 0 heterocycles. The van der Waals surface area contributed by atoms with Gasteiger partial charge >= 0.3 is 0 Å². The molecule has 0 amide bonds. The molecule has 0 aliphatic rings. The Balaban J connectivity index is 2.17. The van der Waals surface area contributed by atoms with E-state index < -0.39 is 10.0 Å². The van der Waals surface area contributed by atoms with Crippen LogP contribution in [0.25, 0.3) is 0 Å². The van der Waals surface area contributed by atoms with E-state index in [1.807, 2.05) is 0 Å². The van der Waals surface area contributed by atoms with Gasteiger partial charge in [-0.1, -0.05) is 12.1 Å². The van der Waals surface area contributed by atoms with Crippen LogP contribution in [0.3, 0.4) is 0 Å². The molecule has 2 rings (SSSR count). The minimum Gasteiger partial charge on any atom is -0.489 e. The Kier molecular flexibility index (Phi) is 3.91.